The van der Waals surface area contributed by atoms with Crippen LogP contribution in [0.2, 0.25) is 0 Å². The van der Waals surface area contributed by atoms with E-state index in [-0.39, 0.29) is 17.6 Å². The van der Waals surface area contributed by atoms with Crippen molar-refractivity contribution < 1.29 is 9.18 Å². The standard InChI is InChI=1S/C18H19FN4O3/c1-10(20-17(25)14-8-16(24)23(3)18(26)21-14)6-11-9-22(2)15-5-4-12(19)7-13(11)15/h4-5,7-10H,6H2,1-3H3,(H,20,25)(H,21,26)/t10-/m0/s1. The molecule has 0 aliphatic heterocycles. The molecule has 1 aromatic carbocycles. The van der Waals surface area contributed by atoms with Gasteiger partial charge in [0, 0.05) is 43.3 Å². The number of aryl methyl sites for hydroxylation is 1. The number of aromatic amines is 1. The van der Waals surface area contributed by atoms with Gasteiger partial charge in [-0.15, -0.1) is 0 Å². The summed E-state index contributed by atoms with van der Waals surface area (Å²) >= 11 is 0. The van der Waals surface area contributed by atoms with Gasteiger partial charge in [-0.05, 0) is 37.1 Å². The summed E-state index contributed by atoms with van der Waals surface area (Å²) in [6, 6.07) is 5.38. The zero-order valence-corrected chi connectivity index (χ0v) is 14.7. The molecule has 0 saturated heterocycles. The van der Waals surface area contributed by atoms with Gasteiger partial charge in [-0.3, -0.25) is 14.2 Å². The molecule has 8 heteroatoms. The summed E-state index contributed by atoms with van der Waals surface area (Å²) in [6.45, 7) is 1.80. The monoisotopic (exact) mass is 358 g/mol. The zero-order valence-electron chi connectivity index (χ0n) is 14.7. The molecule has 0 fully saturated rings. The van der Waals surface area contributed by atoms with Crippen molar-refractivity contribution in [3.05, 3.63) is 68.4 Å². The van der Waals surface area contributed by atoms with Gasteiger partial charge in [0.25, 0.3) is 11.5 Å². The molecule has 0 aliphatic carbocycles. The van der Waals surface area contributed by atoms with Crippen molar-refractivity contribution in [1.29, 1.82) is 0 Å². The van der Waals surface area contributed by atoms with Crippen molar-refractivity contribution in [3.63, 3.8) is 0 Å². The fourth-order valence-corrected chi connectivity index (χ4v) is 2.97. The molecule has 1 atom stereocenters. The van der Waals surface area contributed by atoms with Crippen molar-refractivity contribution in [2.45, 2.75) is 19.4 Å². The zero-order chi connectivity index (χ0) is 19.0. The normalized spacial score (nSPS) is 12.3. The van der Waals surface area contributed by atoms with Crippen molar-refractivity contribution in [2.24, 2.45) is 14.1 Å². The maximum Gasteiger partial charge on any atom is 0.328 e. The van der Waals surface area contributed by atoms with E-state index in [9.17, 15) is 18.8 Å². The maximum atomic E-state index is 13.6. The van der Waals surface area contributed by atoms with Crippen LogP contribution in [0.1, 0.15) is 23.0 Å². The molecule has 3 aromatic rings. The molecule has 136 valence electrons. The van der Waals surface area contributed by atoms with Crippen LogP contribution < -0.4 is 16.6 Å². The summed E-state index contributed by atoms with van der Waals surface area (Å²) in [5.41, 5.74) is 0.493. The predicted octanol–water partition coefficient (Wildman–Crippen LogP) is 1.07. The van der Waals surface area contributed by atoms with E-state index >= 15 is 0 Å². The number of nitrogens with zero attached hydrogens (tertiary/aromatic N) is 2. The average molecular weight is 358 g/mol. The summed E-state index contributed by atoms with van der Waals surface area (Å²) in [6.07, 6.45) is 2.37. The minimum atomic E-state index is -0.653. The van der Waals surface area contributed by atoms with Crippen molar-refractivity contribution in [3.8, 4) is 0 Å². The summed E-state index contributed by atoms with van der Waals surface area (Å²) in [5.74, 6) is -0.863. The topological polar surface area (TPSA) is 88.9 Å². The third-order valence-corrected chi connectivity index (χ3v) is 4.33. The van der Waals surface area contributed by atoms with E-state index < -0.39 is 17.2 Å². The van der Waals surface area contributed by atoms with Crippen LogP contribution in [-0.4, -0.2) is 26.1 Å². The highest BCUT2D eigenvalue weighted by atomic mass is 19.1. The quantitative estimate of drug-likeness (QED) is 0.731. The van der Waals surface area contributed by atoms with Gasteiger partial charge in [-0.1, -0.05) is 0 Å². The lowest BCUT2D eigenvalue weighted by Crippen LogP contribution is -2.39. The molecule has 2 aromatic heterocycles. The summed E-state index contributed by atoms with van der Waals surface area (Å²) in [7, 11) is 3.20. The molecular weight excluding hydrogens is 339 g/mol. The second kappa shape index (κ2) is 6.62. The lowest BCUT2D eigenvalue weighted by atomic mass is 10.1. The lowest BCUT2D eigenvalue weighted by Gasteiger charge is -2.13. The molecule has 2 heterocycles. The van der Waals surface area contributed by atoms with Gasteiger partial charge in [0.1, 0.15) is 11.5 Å². The highest BCUT2D eigenvalue weighted by Crippen LogP contribution is 2.22. The molecular formula is C18H19FN4O3. The van der Waals surface area contributed by atoms with Crippen LogP contribution in [0.3, 0.4) is 0 Å². The van der Waals surface area contributed by atoms with Crippen LogP contribution in [0.15, 0.2) is 40.1 Å². The number of benzene rings is 1. The maximum absolute atomic E-state index is 13.6. The average Bonchev–Trinajstić information content (AvgIpc) is 2.87. The van der Waals surface area contributed by atoms with E-state index in [0.29, 0.717) is 6.42 Å². The summed E-state index contributed by atoms with van der Waals surface area (Å²) in [5, 5.41) is 3.53. The molecule has 0 aliphatic rings. The van der Waals surface area contributed by atoms with E-state index in [1.54, 1.807) is 13.0 Å². The Morgan fingerprint density at radius 2 is 2.00 bits per heavy atom. The van der Waals surface area contributed by atoms with Crippen LogP contribution >= 0.6 is 0 Å². The van der Waals surface area contributed by atoms with Gasteiger partial charge in [0.2, 0.25) is 0 Å². The molecule has 7 nitrogen and oxygen atoms in total. The molecule has 0 saturated carbocycles. The Morgan fingerprint density at radius 3 is 2.69 bits per heavy atom. The number of hydrogen-bond acceptors (Lipinski definition) is 3. The highest BCUT2D eigenvalue weighted by Gasteiger charge is 2.15. The van der Waals surface area contributed by atoms with Gasteiger partial charge in [0.05, 0.1) is 0 Å². The minimum Gasteiger partial charge on any atom is -0.350 e. The first-order valence-corrected chi connectivity index (χ1v) is 8.11. The first-order valence-electron chi connectivity index (χ1n) is 8.11. The molecule has 0 unspecified atom stereocenters. The lowest BCUT2D eigenvalue weighted by molar-refractivity contribution is 0.0934. The molecule has 26 heavy (non-hydrogen) atoms. The Balaban J connectivity index is 1.80. The highest BCUT2D eigenvalue weighted by molar-refractivity contribution is 5.92. The van der Waals surface area contributed by atoms with E-state index in [4.69, 9.17) is 0 Å². The van der Waals surface area contributed by atoms with Crippen molar-refractivity contribution >= 4 is 16.8 Å². The number of H-pyrrole nitrogens is 1. The van der Waals surface area contributed by atoms with Crippen molar-refractivity contribution in [1.82, 2.24) is 19.4 Å². The Morgan fingerprint density at radius 1 is 1.27 bits per heavy atom. The SMILES string of the molecule is C[C@@H](Cc1cn(C)c2ccc(F)cc12)NC(=O)c1cc(=O)n(C)c(=O)[nH]1. The fraction of sp³-hybridized carbons (Fsp3) is 0.278. The largest absolute Gasteiger partial charge is 0.350 e. The van der Waals surface area contributed by atoms with Gasteiger partial charge in [0.15, 0.2) is 0 Å². The molecule has 2 N–H and O–H groups in total. The number of carbonyl (C=O) groups excluding carboxylic acids is 1. The minimum absolute atomic E-state index is 0.0890. The Labute approximate surface area is 148 Å². The number of amides is 1. The van der Waals surface area contributed by atoms with Crippen LogP contribution in [0, 0.1) is 5.82 Å². The third kappa shape index (κ3) is 3.30. The summed E-state index contributed by atoms with van der Waals surface area (Å²) < 4.78 is 16.3. The van der Waals surface area contributed by atoms with E-state index in [2.05, 4.69) is 10.3 Å². The number of hydrogen-bond donors (Lipinski definition) is 2. The van der Waals surface area contributed by atoms with Crippen LogP contribution in [0.4, 0.5) is 4.39 Å². The van der Waals surface area contributed by atoms with Gasteiger partial charge in [-0.2, -0.15) is 0 Å². The van der Waals surface area contributed by atoms with Crippen molar-refractivity contribution in [2.75, 3.05) is 0 Å². The Kier molecular flexibility index (Phi) is 4.50. The van der Waals surface area contributed by atoms with Gasteiger partial charge < -0.3 is 14.9 Å². The molecule has 0 bridgehead atoms. The van der Waals surface area contributed by atoms with E-state index in [1.165, 1.54) is 19.2 Å². The third-order valence-electron chi connectivity index (χ3n) is 4.33. The second-order valence-electron chi connectivity index (χ2n) is 6.39. The second-order valence-corrected chi connectivity index (χ2v) is 6.39. The number of fused-ring (bicyclic) bond motifs is 1. The van der Waals surface area contributed by atoms with Crippen LogP contribution in [-0.2, 0) is 20.5 Å². The molecule has 3 rings (SSSR count). The molecule has 1 amide bonds. The Hall–Kier alpha value is -3.16. The Bertz CT molecular complexity index is 1080. The van der Waals surface area contributed by atoms with Gasteiger partial charge in [-0.25, -0.2) is 9.18 Å². The predicted molar refractivity (Wildman–Crippen MR) is 95.8 cm³/mol. The number of aromatic nitrogens is 3. The van der Waals surface area contributed by atoms with Crippen LogP contribution in [0.5, 0.6) is 0 Å². The fourth-order valence-electron chi connectivity index (χ4n) is 2.97. The number of nitrogens with one attached hydrogen (secondary N) is 2. The van der Waals surface area contributed by atoms with E-state index in [0.717, 1.165) is 27.1 Å². The number of halogens is 1. The van der Waals surface area contributed by atoms with E-state index in [1.807, 2.05) is 17.8 Å². The smallest absolute Gasteiger partial charge is 0.328 e. The molecule has 0 radical (unpaired) electrons. The first-order chi connectivity index (χ1) is 12.3. The molecule has 0 spiro atoms. The number of rotatable bonds is 4. The van der Waals surface area contributed by atoms with Crippen LogP contribution in [0.25, 0.3) is 10.9 Å². The summed E-state index contributed by atoms with van der Waals surface area (Å²) in [4.78, 5) is 37.9. The first kappa shape index (κ1) is 17.7. The van der Waals surface area contributed by atoms with Gasteiger partial charge >= 0.3 is 5.69 Å². The number of carbonyl (C=O) groups is 1.